The van der Waals surface area contributed by atoms with Crippen LogP contribution in [0.25, 0.3) is 10.6 Å². The molecule has 1 aromatic heterocycles. The van der Waals surface area contributed by atoms with Gasteiger partial charge >= 0.3 is 0 Å². The average molecular weight is 436 g/mol. The van der Waals surface area contributed by atoms with Crippen molar-refractivity contribution in [3.63, 3.8) is 0 Å². The van der Waals surface area contributed by atoms with E-state index in [0.717, 1.165) is 16.7 Å². The summed E-state index contributed by atoms with van der Waals surface area (Å²) in [7, 11) is 0. The molecule has 4 nitrogen and oxygen atoms in total. The Morgan fingerprint density at radius 3 is 2.26 bits per heavy atom. The van der Waals surface area contributed by atoms with Gasteiger partial charge in [0, 0.05) is 11.9 Å². The van der Waals surface area contributed by atoms with E-state index < -0.39 is 0 Å². The minimum atomic E-state index is -0.320. The molecule has 1 heterocycles. The molecule has 7 heteroatoms. The van der Waals surface area contributed by atoms with Gasteiger partial charge in [-0.2, -0.15) is 0 Å². The number of hydrogen-bond acceptors (Lipinski definition) is 4. The molecule has 0 aliphatic rings. The average Bonchev–Trinajstić information content (AvgIpc) is 3.29. The normalized spacial score (nSPS) is 10.6. The molecule has 0 atom stereocenters. The molecule has 0 unspecified atom stereocenters. The van der Waals surface area contributed by atoms with Crippen LogP contribution in [0.15, 0.2) is 78.2 Å². The quantitative estimate of drug-likeness (QED) is 0.410. The number of carbonyl (C=O) groups excluding carboxylic acids is 1. The third-order valence-electron chi connectivity index (χ3n) is 4.53. The van der Waals surface area contributed by atoms with Gasteiger partial charge in [-0.25, -0.2) is 13.8 Å². The lowest BCUT2D eigenvalue weighted by Crippen LogP contribution is -2.23. The monoisotopic (exact) mass is 436 g/mol. The number of hydrogen-bond donors (Lipinski definition) is 1. The van der Waals surface area contributed by atoms with E-state index >= 15 is 0 Å². The third kappa shape index (κ3) is 5.32. The zero-order valence-electron chi connectivity index (χ0n) is 16.3. The number of nitrogens with zero attached hydrogens (tertiary/aromatic N) is 1. The lowest BCUT2D eigenvalue weighted by atomic mass is 10.2. The predicted molar refractivity (Wildman–Crippen MR) is 116 cm³/mol. The number of amides is 1. The second kappa shape index (κ2) is 9.49. The molecule has 156 valence electrons. The predicted octanol–water partition coefficient (Wildman–Crippen LogP) is 5.60. The van der Waals surface area contributed by atoms with Gasteiger partial charge in [-0.05, 0) is 47.5 Å². The summed E-state index contributed by atoms with van der Waals surface area (Å²) in [4.78, 5) is 16.9. The van der Waals surface area contributed by atoms with Crippen LogP contribution in [-0.4, -0.2) is 10.9 Å². The standard InChI is InChI=1S/C24H18F2N2O2S/c25-18-9-5-16(6-10-18)13-27-23(29)21-15-31-24(28-21)20-3-1-2-4-22(20)30-14-17-7-11-19(26)12-8-17/h1-12,15H,13-14H2,(H,27,29). The summed E-state index contributed by atoms with van der Waals surface area (Å²) < 4.78 is 32.0. The molecule has 0 saturated heterocycles. The van der Waals surface area contributed by atoms with Crippen LogP contribution in [0.3, 0.4) is 0 Å². The number of para-hydroxylation sites is 1. The second-order valence-corrected chi connectivity index (χ2v) is 7.62. The highest BCUT2D eigenvalue weighted by atomic mass is 32.1. The molecule has 0 saturated carbocycles. The Bertz CT molecular complexity index is 1170. The first-order valence-corrected chi connectivity index (χ1v) is 10.4. The van der Waals surface area contributed by atoms with E-state index in [9.17, 15) is 13.6 Å². The Balaban J connectivity index is 1.44. The summed E-state index contributed by atoms with van der Waals surface area (Å²) in [5.74, 6) is -0.298. The highest BCUT2D eigenvalue weighted by Crippen LogP contribution is 2.32. The van der Waals surface area contributed by atoms with Gasteiger partial charge < -0.3 is 10.1 Å². The van der Waals surface area contributed by atoms with Crippen molar-refractivity contribution in [1.29, 1.82) is 0 Å². The molecular weight excluding hydrogens is 418 g/mol. The molecule has 0 aliphatic carbocycles. The van der Waals surface area contributed by atoms with Gasteiger partial charge in [0.05, 0.1) is 5.56 Å². The number of benzene rings is 3. The van der Waals surface area contributed by atoms with E-state index in [-0.39, 0.29) is 30.7 Å². The lowest BCUT2D eigenvalue weighted by molar-refractivity contribution is 0.0946. The van der Waals surface area contributed by atoms with Crippen LogP contribution in [0, 0.1) is 11.6 Å². The number of thiazole rings is 1. The minimum absolute atomic E-state index is 0.281. The highest BCUT2D eigenvalue weighted by Gasteiger charge is 2.15. The summed E-state index contributed by atoms with van der Waals surface area (Å²) in [6.45, 7) is 0.566. The molecule has 31 heavy (non-hydrogen) atoms. The van der Waals surface area contributed by atoms with Gasteiger partial charge in [0.1, 0.15) is 34.7 Å². The number of ether oxygens (including phenoxy) is 1. The van der Waals surface area contributed by atoms with E-state index in [1.807, 2.05) is 24.3 Å². The van der Waals surface area contributed by atoms with Gasteiger partial charge in [-0.3, -0.25) is 4.79 Å². The summed E-state index contributed by atoms with van der Waals surface area (Å²) in [6.07, 6.45) is 0. The number of rotatable bonds is 7. The number of aromatic nitrogens is 1. The SMILES string of the molecule is O=C(NCc1ccc(F)cc1)c1csc(-c2ccccc2OCc2ccc(F)cc2)n1. The Morgan fingerprint density at radius 2 is 1.55 bits per heavy atom. The van der Waals surface area contributed by atoms with E-state index in [4.69, 9.17) is 4.74 Å². The summed E-state index contributed by atoms with van der Waals surface area (Å²) >= 11 is 1.34. The molecule has 0 radical (unpaired) electrons. The van der Waals surface area contributed by atoms with E-state index in [0.29, 0.717) is 16.5 Å². The summed E-state index contributed by atoms with van der Waals surface area (Å²) in [6, 6.07) is 19.5. The highest BCUT2D eigenvalue weighted by molar-refractivity contribution is 7.13. The Kier molecular flexibility index (Phi) is 6.33. The zero-order valence-corrected chi connectivity index (χ0v) is 17.2. The molecule has 1 amide bonds. The smallest absolute Gasteiger partial charge is 0.271 e. The van der Waals surface area contributed by atoms with Crippen LogP contribution in [0.2, 0.25) is 0 Å². The van der Waals surface area contributed by atoms with Crippen LogP contribution in [0.1, 0.15) is 21.6 Å². The lowest BCUT2D eigenvalue weighted by Gasteiger charge is -2.10. The molecule has 0 spiro atoms. The van der Waals surface area contributed by atoms with Gasteiger partial charge in [0.25, 0.3) is 5.91 Å². The van der Waals surface area contributed by atoms with E-state index in [1.165, 1.54) is 35.6 Å². The van der Waals surface area contributed by atoms with Gasteiger partial charge in [0.15, 0.2) is 0 Å². The van der Waals surface area contributed by atoms with Crippen molar-refractivity contribution in [1.82, 2.24) is 10.3 Å². The van der Waals surface area contributed by atoms with Gasteiger partial charge in [0.2, 0.25) is 0 Å². The van der Waals surface area contributed by atoms with Crippen molar-refractivity contribution in [2.75, 3.05) is 0 Å². The maximum atomic E-state index is 13.1. The molecule has 4 aromatic rings. The fourth-order valence-corrected chi connectivity index (χ4v) is 3.72. The fourth-order valence-electron chi connectivity index (χ4n) is 2.89. The Morgan fingerprint density at radius 1 is 0.903 bits per heavy atom. The first kappa shape index (κ1) is 20.7. The number of halogens is 2. The first-order chi connectivity index (χ1) is 15.1. The van der Waals surface area contributed by atoms with Crippen LogP contribution < -0.4 is 10.1 Å². The van der Waals surface area contributed by atoms with Crippen molar-refractivity contribution < 1.29 is 18.3 Å². The second-order valence-electron chi connectivity index (χ2n) is 6.76. The topological polar surface area (TPSA) is 51.2 Å². The van der Waals surface area contributed by atoms with Crippen LogP contribution in [0.5, 0.6) is 5.75 Å². The molecule has 0 aliphatic heterocycles. The van der Waals surface area contributed by atoms with E-state index in [1.54, 1.807) is 29.6 Å². The Labute approximate surface area is 182 Å². The molecular formula is C24H18F2N2O2S. The van der Waals surface area contributed by atoms with Gasteiger partial charge in [-0.1, -0.05) is 36.4 Å². The van der Waals surface area contributed by atoms with Crippen LogP contribution in [0.4, 0.5) is 8.78 Å². The van der Waals surface area contributed by atoms with Gasteiger partial charge in [-0.15, -0.1) is 11.3 Å². The molecule has 3 aromatic carbocycles. The van der Waals surface area contributed by atoms with Crippen molar-refractivity contribution in [2.45, 2.75) is 13.2 Å². The zero-order chi connectivity index (χ0) is 21.6. The molecule has 0 fully saturated rings. The summed E-state index contributed by atoms with van der Waals surface area (Å²) in [5, 5.41) is 5.13. The summed E-state index contributed by atoms with van der Waals surface area (Å²) in [5.41, 5.74) is 2.71. The minimum Gasteiger partial charge on any atom is -0.488 e. The fraction of sp³-hybridized carbons (Fsp3) is 0.0833. The van der Waals surface area contributed by atoms with Crippen molar-refractivity contribution >= 4 is 17.2 Å². The maximum absolute atomic E-state index is 13.1. The van der Waals surface area contributed by atoms with Crippen molar-refractivity contribution in [2.24, 2.45) is 0 Å². The Hall–Kier alpha value is -3.58. The first-order valence-electron chi connectivity index (χ1n) is 9.53. The molecule has 0 bridgehead atoms. The van der Waals surface area contributed by atoms with Crippen molar-refractivity contribution in [3.8, 4) is 16.3 Å². The van der Waals surface area contributed by atoms with E-state index in [2.05, 4.69) is 10.3 Å². The van der Waals surface area contributed by atoms with Crippen LogP contribution >= 0.6 is 11.3 Å². The van der Waals surface area contributed by atoms with Crippen LogP contribution in [-0.2, 0) is 13.2 Å². The third-order valence-corrected chi connectivity index (χ3v) is 5.40. The number of nitrogens with one attached hydrogen (secondary N) is 1. The number of carbonyl (C=O) groups is 1. The molecule has 4 rings (SSSR count). The maximum Gasteiger partial charge on any atom is 0.271 e. The molecule has 1 N–H and O–H groups in total. The largest absolute Gasteiger partial charge is 0.488 e. The van der Waals surface area contributed by atoms with Crippen molar-refractivity contribution in [3.05, 3.63) is 107 Å².